The zero-order valence-corrected chi connectivity index (χ0v) is 14.5. The Balaban J connectivity index is 2.22. The molecule has 1 heterocycles. The van der Waals surface area contributed by atoms with E-state index in [1.165, 1.54) is 4.68 Å². The van der Waals surface area contributed by atoms with Gasteiger partial charge in [-0.05, 0) is 67.6 Å². The molecular weight excluding hydrogens is 399 g/mol. The fourth-order valence-corrected chi connectivity index (χ4v) is 2.55. The molecule has 1 N–H and O–H groups in total. The van der Waals surface area contributed by atoms with Gasteiger partial charge in [0.25, 0.3) is 0 Å². The van der Waals surface area contributed by atoms with E-state index in [0.29, 0.717) is 17.1 Å². The summed E-state index contributed by atoms with van der Waals surface area (Å²) in [6.07, 6.45) is 0. The normalized spacial score (nSPS) is 12.0. The van der Waals surface area contributed by atoms with E-state index in [4.69, 9.17) is 0 Å². The van der Waals surface area contributed by atoms with E-state index < -0.39 is 11.0 Å². The molecule has 116 valence electrons. The Morgan fingerprint density at radius 2 is 1.95 bits per heavy atom. The van der Waals surface area contributed by atoms with E-state index in [2.05, 4.69) is 33.0 Å². The molecule has 0 aliphatic rings. The number of aromatic nitrogens is 2. The van der Waals surface area contributed by atoms with Crippen LogP contribution in [0.15, 0.2) is 24.3 Å². The van der Waals surface area contributed by atoms with Crippen molar-refractivity contribution in [1.29, 1.82) is 0 Å². The van der Waals surface area contributed by atoms with Gasteiger partial charge in [0.05, 0.1) is 4.92 Å². The highest BCUT2D eigenvalue weighted by Crippen LogP contribution is 2.25. The minimum absolute atomic E-state index is 0.0473. The highest BCUT2D eigenvalue weighted by molar-refractivity contribution is 14.1. The van der Waals surface area contributed by atoms with Crippen LogP contribution in [0.3, 0.4) is 0 Å². The van der Waals surface area contributed by atoms with E-state index in [1.54, 1.807) is 32.9 Å². The summed E-state index contributed by atoms with van der Waals surface area (Å²) in [6.45, 7) is 4.81. The number of aryl methyl sites for hydroxylation is 1. The first-order valence-electron chi connectivity index (χ1n) is 6.57. The van der Waals surface area contributed by atoms with Crippen molar-refractivity contribution in [2.75, 3.05) is 5.32 Å². The van der Waals surface area contributed by atoms with Gasteiger partial charge < -0.3 is 5.32 Å². The Hall–Kier alpha value is -1.97. The molecule has 1 unspecified atom stereocenters. The number of carbonyl (C=O) groups is 1. The fraction of sp³-hybridized carbons (Fsp3) is 0.286. The first-order valence-corrected chi connectivity index (χ1v) is 7.65. The highest BCUT2D eigenvalue weighted by Gasteiger charge is 2.27. The molecule has 0 bridgehead atoms. The molecule has 0 radical (unpaired) electrons. The molecule has 1 aromatic carbocycles. The number of nitro groups is 1. The maximum Gasteiger partial charge on any atom is 0.312 e. The predicted octanol–water partition coefficient (Wildman–Crippen LogP) is 3.21. The van der Waals surface area contributed by atoms with E-state index in [-0.39, 0.29) is 11.6 Å². The largest absolute Gasteiger partial charge is 0.324 e. The van der Waals surface area contributed by atoms with Gasteiger partial charge in [-0.25, -0.2) is 0 Å². The second kappa shape index (κ2) is 6.42. The molecule has 0 spiro atoms. The van der Waals surface area contributed by atoms with Crippen molar-refractivity contribution in [1.82, 2.24) is 9.78 Å². The molecule has 0 aliphatic carbocycles. The number of anilines is 1. The maximum absolute atomic E-state index is 12.3. The lowest BCUT2D eigenvalue weighted by Crippen LogP contribution is -2.25. The summed E-state index contributed by atoms with van der Waals surface area (Å²) >= 11 is 2.18. The summed E-state index contributed by atoms with van der Waals surface area (Å²) in [5, 5.41) is 17.9. The number of hydrogen-bond donors (Lipinski definition) is 1. The topological polar surface area (TPSA) is 90.1 Å². The van der Waals surface area contributed by atoms with E-state index in [9.17, 15) is 14.9 Å². The van der Waals surface area contributed by atoms with E-state index >= 15 is 0 Å². The predicted molar refractivity (Wildman–Crippen MR) is 90.9 cm³/mol. The molecule has 1 aromatic heterocycles. The first-order chi connectivity index (χ1) is 10.3. The van der Waals surface area contributed by atoms with Gasteiger partial charge in [-0.1, -0.05) is 0 Å². The number of rotatable bonds is 4. The number of benzene rings is 1. The number of carbonyl (C=O) groups excluding carboxylic acids is 1. The van der Waals surface area contributed by atoms with Gasteiger partial charge in [-0.15, -0.1) is 0 Å². The number of amides is 1. The Bertz CT molecular complexity index is 724. The molecule has 22 heavy (non-hydrogen) atoms. The van der Waals surface area contributed by atoms with Crippen LogP contribution in [0.4, 0.5) is 11.4 Å². The molecule has 0 aliphatic heterocycles. The molecule has 0 saturated heterocycles. The summed E-state index contributed by atoms with van der Waals surface area (Å²) < 4.78 is 2.45. The molecule has 0 fully saturated rings. The monoisotopic (exact) mass is 414 g/mol. The number of halogens is 1. The summed E-state index contributed by atoms with van der Waals surface area (Å²) in [5.74, 6) is -0.276. The van der Waals surface area contributed by atoms with Gasteiger partial charge in [0.1, 0.15) is 17.4 Å². The summed E-state index contributed by atoms with van der Waals surface area (Å²) in [4.78, 5) is 22.8. The van der Waals surface area contributed by atoms with Gasteiger partial charge >= 0.3 is 5.69 Å². The lowest BCUT2D eigenvalue weighted by molar-refractivity contribution is -0.386. The Kier molecular flexibility index (Phi) is 4.79. The van der Waals surface area contributed by atoms with Crippen molar-refractivity contribution in [3.05, 3.63) is 49.3 Å². The van der Waals surface area contributed by atoms with Crippen LogP contribution in [-0.2, 0) is 4.79 Å². The minimum Gasteiger partial charge on any atom is -0.324 e. The Labute approximate surface area is 141 Å². The van der Waals surface area contributed by atoms with Crippen molar-refractivity contribution in [3.8, 4) is 0 Å². The van der Waals surface area contributed by atoms with Gasteiger partial charge in [0, 0.05) is 9.26 Å². The average Bonchev–Trinajstić information content (AvgIpc) is 2.75. The second-order valence-corrected chi connectivity index (χ2v) is 6.14. The van der Waals surface area contributed by atoms with Crippen molar-refractivity contribution in [3.63, 3.8) is 0 Å². The van der Waals surface area contributed by atoms with E-state index in [1.807, 2.05) is 12.1 Å². The zero-order chi connectivity index (χ0) is 16.4. The van der Waals surface area contributed by atoms with Crippen LogP contribution in [0.5, 0.6) is 0 Å². The van der Waals surface area contributed by atoms with Crippen LogP contribution in [0.2, 0.25) is 0 Å². The second-order valence-electron chi connectivity index (χ2n) is 4.89. The SMILES string of the molecule is Cc1nn(C(C)C(=O)Nc2ccc(I)cc2)c(C)c1[N+](=O)[O-]. The molecule has 8 heteroatoms. The average molecular weight is 414 g/mol. The highest BCUT2D eigenvalue weighted by atomic mass is 127. The van der Waals surface area contributed by atoms with E-state index in [0.717, 1.165) is 3.57 Å². The number of nitrogens with zero attached hydrogens (tertiary/aromatic N) is 3. The smallest absolute Gasteiger partial charge is 0.312 e. The Morgan fingerprint density at radius 3 is 2.45 bits per heavy atom. The standard InChI is InChI=1S/C14H15IN4O3/c1-8-13(19(21)22)9(2)18(17-8)10(3)14(20)16-12-6-4-11(15)5-7-12/h4-7,10H,1-3H3,(H,16,20). The number of nitrogens with one attached hydrogen (secondary N) is 1. The van der Waals surface area contributed by atoms with Gasteiger partial charge in [0.15, 0.2) is 0 Å². The van der Waals surface area contributed by atoms with Crippen LogP contribution in [0.25, 0.3) is 0 Å². The van der Waals surface area contributed by atoms with Crippen LogP contribution >= 0.6 is 22.6 Å². The Morgan fingerprint density at radius 1 is 1.36 bits per heavy atom. The minimum atomic E-state index is -0.647. The molecule has 0 saturated carbocycles. The fourth-order valence-electron chi connectivity index (χ4n) is 2.19. The first kappa shape index (κ1) is 16.4. The summed E-state index contributed by atoms with van der Waals surface area (Å²) in [6, 6.07) is 6.72. The molecule has 2 rings (SSSR count). The number of hydrogen-bond acceptors (Lipinski definition) is 4. The third kappa shape index (κ3) is 3.26. The quantitative estimate of drug-likeness (QED) is 0.473. The van der Waals surface area contributed by atoms with Gasteiger partial charge in [-0.2, -0.15) is 5.10 Å². The van der Waals surface area contributed by atoms with Crippen molar-refractivity contribution in [2.24, 2.45) is 0 Å². The van der Waals surface area contributed by atoms with Gasteiger partial charge in [0.2, 0.25) is 5.91 Å². The van der Waals surface area contributed by atoms with Crippen molar-refractivity contribution >= 4 is 39.9 Å². The zero-order valence-electron chi connectivity index (χ0n) is 12.3. The molecule has 1 atom stereocenters. The van der Waals surface area contributed by atoms with Crippen LogP contribution in [0, 0.1) is 27.5 Å². The van der Waals surface area contributed by atoms with Crippen molar-refractivity contribution in [2.45, 2.75) is 26.8 Å². The molecule has 7 nitrogen and oxygen atoms in total. The maximum atomic E-state index is 12.3. The summed E-state index contributed by atoms with van der Waals surface area (Å²) in [5.41, 5.74) is 1.30. The third-order valence-corrected chi connectivity index (χ3v) is 4.05. The van der Waals surface area contributed by atoms with Crippen LogP contribution in [0.1, 0.15) is 24.4 Å². The van der Waals surface area contributed by atoms with Crippen molar-refractivity contribution < 1.29 is 9.72 Å². The summed E-state index contributed by atoms with van der Waals surface area (Å²) in [7, 11) is 0. The molecular formula is C14H15IN4O3. The van der Waals surface area contributed by atoms with Crippen LogP contribution in [-0.4, -0.2) is 20.6 Å². The lowest BCUT2D eigenvalue weighted by Gasteiger charge is -2.14. The lowest BCUT2D eigenvalue weighted by atomic mass is 10.2. The van der Waals surface area contributed by atoms with Crippen LogP contribution < -0.4 is 5.32 Å². The molecule has 2 aromatic rings. The van der Waals surface area contributed by atoms with Gasteiger partial charge in [-0.3, -0.25) is 19.6 Å². The molecule has 1 amide bonds. The third-order valence-electron chi connectivity index (χ3n) is 3.33.